The maximum absolute atomic E-state index is 13.4. The summed E-state index contributed by atoms with van der Waals surface area (Å²) in [5.41, 5.74) is 1.40. The van der Waals surface area contributed by atoms with Crippen molar-refractivity contribution in [3.63, 3.8) is 0 Å². The fraction of sp³-hybridized carbons (Fsp3) is 0.261. The number of rotatable bonds is 7. The van der Waals surface area contributed by atoms with Crippen molar-refractivity contribution in [3.8, 4) is 11.4 Å². The minimum absolute atomic E-state index is 0.138. The first-order valence-electron chi connectivity index (χ1n) is 9.97. The molecule has 0 fully saturated rings. The van der Waals surface area contributed by atoms with Crippen LogP contribution in [0.3, 0.4) is 0 Å². The monoisotopic (exact) mass is 420 g/mol. The molecule has 31 heavy (non-hydrogen) atoms. The molecule has 0 N–H and O–H groups in total. The van der Waals surface area contributed by atoms with Crippen LogP contribution in [0.25, 0.3) is 16.9 Å². The average molecular weight is 420 g/mol. The van der Waals surface area contributed by atoms with Crippen LogP contribution in [0.1, 0.15) is 18.5 Å². The van der Waals surface area contributed by atoms with E-state index in [0.717, 1.165) is 5.56 Å². The van der Waals surface area contributed by atoms with Crippen molar-refractivity contribution in [3.05, 3.63) is 87.3 Å². The first-order valence-corrected chi connectivity index (χ1v) is 9.97. The first kappa shape index (κ1) is 20.6. The van der Waals surface area contributed by atoms with Crippen molar-refractivity contribution < 1.29 is 9.47 Å². The third kappa shape index (κ3) is 3.66. The molecule has 0 aliphatic heterocycles. The molecule has 8 heteroatoms. The fourth-order valence-corrected chi connectivity index (χ4v) is 3.69. The van der Waals surface area contributed by atoms with Gasteiger partial charge in [-0.2, -0.15) is 0 Å². The summed E-state index contributed by atoms with van der Waals surface area (Å²) in [7, 11) is 3.10. The van der Waals surface area contributed by atoms with Crippen LogP contribution in [0.15, 0.2) is 70.5 Å². The van der Waals surface area contributed by atoms with Crippen LogP contribution in [-0.2, 0) is 11.3 Å². The molecule has 2 aromatic heterocycles. The summed E-state index contributed by atoms with van der Waals surface area (Å²) < 4.78 is 14.9. The molecule has 0 amide bonds. The van der Waals surface area contributed by atoms with Crippen LogP contribution in [-0.4, -0.2) is 39.5 Å². The minimum Gasteiger partial charge on any atom is -0.497 e. The zero-order valence-electron chi connectivity index (χ0n) is 17.7. The van der Waals surface area contributed by atoms with Crippen LogP contribution in [0.5, 0.6) is 5.75 Å². The standard InChI is InChI=1S/C23H24N4O4/c1-16(17-8-5-4-6-9-17)26-15-24-21-20(26)22(28)25(12-13-30-2)23(29)27(21)18-10-7-11-19(14-18)31-3/h4-11,14-16H,12-13H2,1-3H3. The van der Waals surface area contributed by atoms with Crippen LogP contribution >= 0.6 is 0 Å². The van der Waals surface area contributed by atoms with Gasteiger partial charge in [0.05, 0.1) is 38.3 Å². The Bertz CT molecular complexity index is 1320. The number of methoxy groups -OCH3 is 2. The Kier molecular flexibility index (Phi) is 5.73. The molecule has 0 aliphatic carbocycles. The Morgan fingerprint density at radius 3 is 2.52 bits per heavy atom. The topological polar surface area (TPSA) is 80.3 Å². The predicted molar refractivity (Wildman–Crippen MR) is 118 cm³/mol. The molecule has 0 radical (unpaired) electrons. The van der Waals surface area contributed by atoms with Gasteiger partial charge in [0.1, 0.15) is 5.75 Å². The molecule has 0 saturated heterocycles. The van der Waals surface area contributed by atoms with Gasteiger partial charge in [0.25, 0.3) is 5.56 Å². The number of ether oxygens (including phenoxy) is 2. The van der Waals surface area contributed by atoms with Gasteiger partial charge in [-0.05, 0) is 24.6 Å². The van der Waals surface area contributed by atoms with Crippen LogP contribution < -0.4 is 16.0 Å². The summed E-state index contributed by atoms with van der Waals surface area (Å²) in [6.45, 7) is 2.37. The molecule has 4 rings (SSSR count). The molecular formula is C23H24N4O4. The summed E-state index contributed by atoms with van der Waals surface area (Å²) in [5, 5.41) is 0. The van der Waals surface area contributed by atoms with E-state index in [2.05, 4.69) is 4.98 Å². The quantitative estimate of drug-likeness (QED) is 0.459. The van der Waals surface area contributed by atoms with Crippen LogP contribution in [0, 0.1) is 0 Å². The lowest BCUT2D eigenvalue weighted by Gasteiger charge is -2.16. The van der Waals surface area contributed by atoms with Gasteiger partial charge in [-0.1, -0.05) is 36.4 Å². The lowest BCUT2D eigenvalue weighted by molar-refractivity contribution is 0.184. The van der Waals surface area contributed by atoms with Crippen molar-refractivity contribution in [1.29, 1.82) is 0 Å². The van der Waals surface area contributed by atoms with Crippen molar-refractivity contribution >= 4 is 11.2 Å². The maximum atomic E-state index is 13.4. The highest BCUT2D eigenvalue weighted by Crippen LogP contribution is 2.23. The summed E-state index contributed by atoms with van der Waals surface area (Å²) >= 11 is 0. The van der Waals surface area contributed by atoms with Gasteiger partial charge in [-0.3, -0.25) is 9.36 Å². The van der Waals surface area contributed by atoms with E-state index in [0.29, 0.717) is 22.6 Å². The number of hydrogen-bond acceptors (Lipinski definition) is 5. The summed E-state index contributed by atoms with van der Waals surface area (Å²) in [5.74, 6) is 0.601. The van der Waals surface area contributed by atoms with E-state index in [1.807, 2.05) is 41.8 Å². The molecule has 8 nitrogen and oxygen atoms in total. The van der Waals surface area contributed by atoms with Gasteiger partial charge in [0.2, 0.25) is 0 Å². The third-order valence-electron chi connectivity index (χ3n) is 5.39. The SMILES string of the molecule is COCCn1c(=O)c2c(ncn2C(C)c2ccccc2)n(-c2cccc(OC)c2)c1=O. The van der Waals surface area contributed by atoms with Crippen molar-refractivity contribution in [2.24, 2.45) is 0 Å². The van der Waals surface area contributed by atoms with Gasteiger partial charge in [-0.15, -0.1) is 0 Å². The molecule has 0 spiro atoms. The Morgan fingerprint density at radius 2 is 1.81 bits per heavy atom. The largest absolute Gasteiger partial charge is 0.497 e. The lowest BCUT2D eigenvalue weighted by Crippen LogP contribution is -2.41. The fourth-order valence-electron chi connectivity index (χ4n) is 3.69. The Labute approximate surface area is 178 Å². The molecular weight excluding hydrogens is 396 g/mol. The molecule has 0 bridgehead atoms. The summed E-state index contributed by atoms with van der Waals surface area (Å²) in [6, 6.07) is 16.8. The number of hydrogen-bond donors (Lipinski definition) is 0. The number of benzene rings is 2. The van der Waals surface area contributed by atoms with Gasteiger partial charge >= 0.3 is 5.69 Å². The third-order valence-corrected chi connectivity index (χ3v) is 5.39. The molecule has 0 saturated carbocycles. The normalized spacial score (nSPS) is 12.2. The highest BCUT2D eigenvalue weighted by atomic mass is 16.5. The Balaban J connectivity index is 2.02. The molecule has 2 heterocycles. The smallest absolute Gasteiger partial charge is 0.337 e. The summed E-state index contributed by atoms with van der Waals surface area (Å²) in [4.78, 5) is 31.2. The van der Waals surface area contributed by atoms with Gasteiger partial charge in [0.15, 0.2) is 11.2 Å². The van der Waals surface area contributed by atoms with E-state index in [1.165, 1.54) is 16.2 Å². The minimum atomic E-state index is -0.472. The molecule has 1 atom stereocenters. The maximum Gasteiger partial charge on any atom is 0.337 e. The van der Waals surface area contributed by atoms with E-state index in [-0.39, 0.29) is 19.2 Å². The number of nitrogens with zero attached hydrogens (tertiary/aromatic N) is 4. The highest BCUT2D eigenvalue weighted by Gasteiger charge is 2.22. The second-order valence-electron chi connectivity index (χ2n) is 7.18. The predicted octanol–water partition coefficient (Wildman–Crippen LogP) is 2.61. The van der Waals surface area contributed by atoms with E-state index >= 15 is 0 Å². The van der Waals surface area contributed by atoms with Crippen LogP contribution in [0.2, 0.25) is 0 Å². The second-order valence-corrected chi connectivity index (χ2v) is 7.18. The Hall–Kier alpha value is -3.65. The summed E-state index contributed by atoms with van der Waals surface area (Å²) in [6.07, 6.45) is 1.61. The molecule has 1 unspecified atom stereocenters. The molecule has 2 aromatic carbocycles. The first-order chi connectivity index (χ1) is 15.1. The molecule has 4 aromatic rings. The van der Waals surface area contributed by atoms with E-state index < -0.39 is 11.2 Å². The van der Waals surface area contributed by atoms with Crippen molar-refractivity contribution in [2.45, 2.75) is 19.5 Å². The zero-order valence-corrected chi connectivity index (χ0v) is 17.7. The molecule has 0 aliphatic rings. The van der Waals surface area contributed by atoms with Gasteiger partial charge in [-0.25, -0.2) is 14.3 Å². The Morgan fingerprint density at radius 1 is 1.03 bits per heavy atom. The van der Waals surface area contributed by atoms with Crippen molar-refractivity contribution in [2.75, 3.05) is 20.8 Å². The highest BCUT2D eigenvalue weighted by molar-refractivity contribution is 5.73. The van der Waals surface area contributed by atoms with Gasteiger partial charge in [0, 0.05) is 13.2 Å². The van der Waals surface area contributed by atoms with E-state index in [1.54, 1.807) is 37.7 Å². The van der Waals surface area contributed by atoms with E-state index in [4.69, 9.17) is 9.47 Å². The second kappa shape index (κ2) is 8.61. The number of fused-ring (bicyclic) bond motifs is 1. The lowest BCUT2D eigenvalue weighted by atomic mass is 10.1. The average Bonchev–Trinajstić information content (AvgIpc) is 3.24. The van der Waals surface area contributed by atoms with Crippen molar-refractivity contribution in [1.82, 2.24) is 18.7 Å². The van der Waals surface area contributed by atoms with E-state index in [9.17, 15) is 9.59 Å². The van der Waals surface area contributed by atoms with Gasteiger partial charge < -0.3 is 14.0 Å². The zero-order chi connectivity index (χ0) is 22.0. The number of aromatic nitrogens is 4. The molecule has 160 valence electrons. The van der Waals surface area contributed by atoms with Crippen LogP contribution in [0.4, 0.5) is 0 Å². The number of imidazole rings is 1.